The molecule has 29 heavy (non-hydrogen) atoms. The lowest BCUT2D eigenvalue weighted by Gasteiger charge is -2.10. The van der Waals surface area contributed by atoms with Crippen molar-refractivity contribution in [2.24, 2.45) is 0 Å². The molecule has 0 saturated heterocycles. The fraction of sp³-hybridized carbons (Fsp3) is 0.273. The van der Waals surface area contributed by atoms with Gasteiger partial charge in [0.05, 0.1) is 19.6 Å². The summed E-state index contributed by atoms with van der Waals surface area (Å²) in [6, 6.07) is 11.4. The van der Waals surface area contributed by atoms with Gasteiger partial charge in [0.1, 0.15) is 16.3 Å². The number of thiophene rings is 2. The molecule has 0 unspecified atom stereocenters. The molecule has 0 atom stereocenters. The Hall–Kier alpha value is -2.64. The Morgan fingerprint density at radius 1 is 1.07 bits per heavy atom. The van der Waals surface area contributed by atoms with Gasteiger partial charge in [-0.3, -0.25) is 4.79 Å². The van der Waals surface area contributed by atoms with Gasteiger partial charge in [-0.25, -0.2) is 4.79 Å². The Labute approximate surface area is 178 Å². The number of nitrogens with one attached hydrogen (secondary N) is 1. The van der Waals surface area contributed by atoms with E-state index in [4.69, 9.17) is 9.47 Å². The molecule has 1 aromatic carbocycles. The number of benzene rings is 1. The summed E-state index contributed by atoms with van der Waals surface area (Å²) in [4.78, 5) is 27.2. The predicted molar refractivity (Wildman–Crippen MR) is 118 cm³/mol. The summed E-state index contributed by atoms with van der Waals surface area (Å²) < 4.78 is 10.8. The van der Waals surface area contributed by atoms with Crippen LogP contribution in [0, 0.1) is 6.92 Å². The van der Waals surface area contributed by atoms with E-state index in [1.807, 2.05) is 55.6 Å². The third kappa shape index (κ3) is 5.05. The Bertz CT molecular complexity index is 975. The topological polar surface area (TPSA) is 64.6 Å². The second kappa shape index (κ2) is 9.71. The zero-order valence-corrected chi connectivity index (χ0v) is 18.2. The van der Waals surface area contributed by atoms with Crippen molar-refractivity contribution in [3.05, 3.63) is 57.1 Å². The van der Waals surface area contributed by atoms with E-state index in [-0.39, 0.29) is 18.9 Å². The van der Waals surface area contributed by atoms with E-state index in [0.29, 0.717) is 17.2 Å². The number of esters is 1. The standard InChI is InChI=1S/C22H23NO4S2/c1-4-26-16-10-8-15(9-11-16)19-14(3)29-21(20(19)22(25)27-5-2)23-18(24)13-17-7-6-12-28-17/h6-12H,4-5,13H2,1-3H3,(H,23,24). The van der Waals surface area contributed by atoms with Crippen LogP contribution < -0.4 is 10.1 Å². The van der Waals surface area contributed by atoms with Crippen molar-refractivity contribution in [3.8, 4) is 16.9 Å². The second-order valence-corrected chi connectivity index (χ2v) is 8.48. The average molecular weight is 430 g/mol. The van der Waals surface area contributed by atoms with E-state index in [1.165, 1.54) is 22.7 Å². The highest BCUT2D eigenvalue weighted by atomic mass is 32.1. The summed E-state index contributed by atoms with van der Waals surface area (Å²) in [7, 11) is 0. The highest BCUT2D eigenvalue weighted by Crippen LogP contribution is 2.41. The van der Waals surface area contributed by atoms with Gasteiger partial charge in [0.25, 0.3) is 0 Å². The molecule has 0 aliphatic carbocycles. The van der Waals surface area contributed by atoms with Gasteiger partial charge in [-0.2, -0.15) is 0 Å². The summed E-state index contributed by atoms with van der Waals surface area (Å²) in [6.45, 7) is 6.49. The van der Waals surface area contributed by atoms with E-state index in [1.54, 1.807) is 6.92 Å². The number of ether oxygens (including phenoxy) is 2. The van der Waals surface area contributed by atoms with Crippen molar-refractivity contribution in [2.75, 3.05) is 18.5 Å². The molecule has 0 spiro atoms. The largest absolute Gasteiger partial charge is 0.494 e. The maximum absolute atomic E-state index is 12.8. The highest BCUT2D eigenvalue weighted by Gasteiger charge is 2.25. The van der Waals surface area contributed by atoms with Crippen molar-refractivity contribution in [3.63, 3.8) is 0 Å². The molecule has 152 valence electrons. The maximum atomic E-state index is 12.8. The Kier molecular flexibility index (Phi) is 7.06. The molecule has 1 amide bonds. The molecule has 7 heteroatoms. The van der Waals surface area contributed by atoms with Gasteiger partial charge in [0.15, 0.2) is 0 Å². The summed E-state index contributed by atoms with van der Waals surface area (Å²) in [5, 5.41) is 5.37. The molecule has 3 rings (SSSR count). The summed E-state index contributed by atoms with van der Waals surface area (Å²) in [5.74, 6) is 0.177. The van der Waals surface area contributed by atoms with Gasteiger partial charge in [-0.15, -0.1) is 22.7 Å². The van der Waals surface area contributed by atoms with Gasteiger partial charge in [-0.05, 0) is 49.9 Å². The van der Waals surface area contributed by atoms with Crippen LogP contribution in [0.25, 0.3) is 11.1 Å². The molecular formula is C22H23NO4S2. The molecule has 0 fully saturated rings. The monoisotopic (exact) mass is 429 g/mol. The van der Waals surface area contributed by atoms with E-state index in [9.17, 15) is 9.59 Å². The predicted octanol–water partition coefficient (Wildman–Crippen LogP) is 5.54. The average Bonchev–Trinajstić information content (AvgIpc) is 3.30. The lowest BCUT2D eigenvalue weighted by Crippen LogP contribution is -2.16. The number of carbonyl (C=O) groups is 2. The number of hydrogen-bond acceptors (Lipinski definition) is 6. The van der Waals surface area contributed by atoms with E-state index in [0.717, 1.165) is 26.6 Å². The van der Waals surface area contributed by atoms with Crippen molar-refractivity contribution in [1.29, 1.82) is 0 Å². The van der Waals surface area contributed by atoms with Crippen LogP contribution in [0.4, 0.5) is 5.00 Å². The molecule has 0 saturated carbocycles. The van der Waals surface area contributed by atoms with E-state index >= 15 is 0 Å². The van der Waals surface area contributed by atoms with Gasteiger partial charge in [0, 0.05) is 15.3 Å². The molecule has 0 bridgehead atoms. The zero-order valence-electron chi connectivity index (χ0n) is 16.6. The van der Waals surface area contributed by atoms with Crippen molar-refractivity contribution < 1.29 is 19.1 Å². The fourth-order valence-electron chi connectivity index (χ4n) is 3.01. The van der Waals surface area contributed by atoms with Crippen LogP contribution in [-0.4, -0.2) is 25.1 Å². The number of hydrogen-bond donors (Lipinski definition) is 1. The second-order valence-electron chi connectivity index (χ2n) is 6.22. The molecular weight excluding hydrogens is 406 g/mol. The van der Waals surface area contributed by atoms with Crippen LogP contribution in [0.15, 0.2) is 41.8 Å². The van der Waals surface area contributed by atoms with Crippen molar-refractivity contribution in [2.45, 2.75) is 27.2 Å². The zero-order chi connectivity index (χ0) is 20.8. The molecule has 2 heterocycles. The molecule has 3 aromatic rings. The van der Waals surface area contributed by atoms with Crippen LogP contribution in [-0.2, 0) is 16.0 Å². The number of aryl methyl sites for hydroxylation is 1. The van der Waals surface area contributed by atoms with Gasteiger partial charge >= 0.3 is 5.97 Å². The Balaban J connectivity index is 1.95. The van der Waals surface area contributed by atoms with Crippen molar-refractivity contribution in [1.82, 2.24) is 0 Å². The van der Waals surface area contributed by atoms with Gasteiger partial charge in [-0.1, -0.05) is 18.2 Å². The number of anilines is 1. The Morgan fingerprint density at radius 2 is 1.83 bits per heavy atom. The highest BCUT2D eigenvalue weighted by molar-refractivity contribution is 7.17. The Morgan fingerprint density at radius 3 is 2.45 bits per heavy atom. The molecule has 1 N–H and O–H groups in total. The molecule has 0 aliphatic rings. The molecule has 5 nitrogen and oxygen atoms in total. The first-order chi connectivity index (χ1) is 14.0. The third-order valence-corrected chi connectivity index (χ3v) is 6.08. The van der Waals surface area contributed by atoms with Gasteiger partial charge < -0.3 is 14.8 Å². The van der Waals surface area contributed by atoms with Crippen LogP contribution in [0.2, 0.25) is 0 Å². The lowest BCUT2D eigenvalue weighted by atomic mass is 10.0. The lowest BCUT2D eigenvalue weighted by molar-refractivity contribution is -0.115. The SMILES string of the molecule is CCOC(=O)c1c(NC(=O)Cc2cccs2)sc(C)c1-c1ccc(OCC)cc1. The summed E-state index contributed by atoms with van der Waals surface area (Å²) in [5.41, 5.74) is 2.06. The van der Waals surface area contributed by atoms with Gasteiger partial charge in [0.2, 0.25) is 5.91 Å². The molecule has 2 aromatic heterocycles. The smallest absolute Gasteiger partial charge is 0.341 e. The quantitative estimate of drug-likeness (QED) is 0.477. The van der Waals surface area contributed by atoms with Crippen LogP contribution in [0.1, 0.15) is 34.0 Å². The third-order valence-electron chi connectivity index (χ3n) is 4.19. The van der Waals surface area contributed by atoms with E-state index < -0.39 is 5.97 Å². The minimum Gasteiger partial charge on any atom is -0.494 e. The van der Waals surface area contributed by atoms with Crippen molar-refractivity contribution >= 4 is 39.6 Å². The first-order valence-corrected chi connectivity index (χ1v) is 11.1. The first kappa shape index (κ1) is 21.1. The van der Waals surface area contributed by atoms with Crippen LogP contribution >= 0.6 is 22.7 Å². The number of rotatable bonds is 8. The molecule has 0 radical (unpaired) electrons. The van der Waals surface area contributed by atoms with Crippen LogP contribution in [0.5, 0.6) is 5.75 Å². The summed E-state index contributed by atoms with van der Waals surface area (Å²) in [6.07, 6.45) is 0.273. The minimum absolute atomic E-state index is 0.155. The first-order valence-electron chi connectivity index (χ1n) is 9.39. The minimum atomic E-state index is -0.438. The number of carbonyl (C=O) groups excluding carboxylic acids is 2. The van der Waals surface area contributed by atoms with Crippen LogP contribution in [0.3, 0.4) is 0 Å². The fourth-order valence-corrected chi connectivity index (χ4v) is 4.79. The summed E-state index contributed by atoms with van der Waals surface area (Å²) >= 11 is 2.91. The number of amides is 1. The van der Waals surface area contributed by atoms with E-state index in [2.05, 4.69) is 5.32 Å². The maximum Gasteiger partial charge on any atom is 0.341 e. The normalized spacial score (nSPS) is 10.6. The molecule has 0 aliphatic heterocycles.